The van der Waals surface area contributed by atoms with Crippen molar-refractivity contribution in [3.63, 3.8) is 0 Å². The van der Waals surface area contributed by atoms with Crippen LogP contribution in [0.15, 0.2) is 48.5 Å². The lowest BCUT2D eigenvalue weighted by atomic mass is 10.0. The van der Waals surface area contributed by atoms with E-state index < -0.39 is 16.1 Å². The Morgan fingerprint density at radius 1 is 1.03 bits per heavy atom. The van der Waals surface area contributed by atoms with Crippen LogP contribution >= 0.6 is 0 Å². The summed E-state index contributed by atoms with van der Waals surface area (Å²) in [5.74, 6) is 0.320. The molecule has 0 aliphatic heterocycles. The average molecular weight is 433 g/mol. The fourth-order valence-electron chi connectivity index (χ4n) is 3.35. The Kier molecular flexibility index (Phi) is 8.29. The summed E-state index contributed by atoms with van der Waals surface area (Å²) in [6.07, 6.45) is 2.41. The quantitative estimate of drug-likeness (QED) is 0.614. The Morgan fingerprint density at radius 2 is 1.63 bits per heavy atom. The second-order valence-electron chi connectivity index (χ2n) is 7.24. The monoisotopic (exact) mass is 432 g/mol. The van der Waals surface area contributed by atoms with Gasteiger partial charge in [0.1, 0.15) is 11.8 Å². The Labute approximate surface area is 180 Å². The molecule has 6 nitrogen and oxygen atoms in total. The molecule has 0 aliphatic rings. The molecule has 0 aromatic heterocycles. The van der Waals surface area contributed by atoms with Gasteiger partial charge in [0.25, 0.3) is 0 Å². The van der Waals surface area contributed by atoms with Crippen LogP contribution < -0.4 is 14.4 Å². The third-order valence-corrected chi connectivity index (χ3v) is 6.16. The van der Waals surface area contributed by atoms with E-state index in [-0.39, 0.29) is 11.9 Å². The van der Waals surface area contributed by atoms with Crippen LogP contribution in [-0.4, -0.2) is 33.2 Å². The smallest absolute Gasteiger partial charge is 0.244 e. The highest BCUT2D eigenvalue weighted by molar-refractivity contribution is 7.92. The molecule has 0 aliphatic carbocycles. The normalized spacial score (nSPS) is 13.4. The number of rotatable bonds is 10. The number of nitrogens with one attached hydrogen (secondary N) is 1. The number of ether oxygens (including phenoxy) is 1. The number of hydrogen-bond acceptors (Lipinski definition) is 4. The van der Waals surface area contributed by atoms with Gasteiger partial charge < -0.3 is 10.1 Å². The number of benzene rings is 2. The zero-order chi connectivity index (χ0) is 22.3. The van der Waals surface area contributed by atoms with Crippen LogP contribution in [0, 0.1) is 0 Å². The molecule has 2 atom stereocenters. The van der Waals surface area contributed by atoms with E-state index in [0.717, 1.165) is 18.2 Å². The summed E-state index contributed by atoms with van der Waals surface area (Å²) in [5.41, 5.74) is 2.63. The SMILES string of the molecule is CCOc1ccc(N([C@H](CC)C(=O)N[C@H](C)c2ccc(CC)cc2)S(C)(=O)=O)cc1. The number of sulfonamides is 1. The second kappa shape index (κ2) is 10.5. The molecule has 30 heavy (non-hydrogen) atoms. The van der Waals surface area contributed by atoms with Crippen LogP contribution in [0.4, 0.5) is 5.69 Å². The molecule has 0 spiro atoms. The van der Waals surface area contributed by atoms with Crippen molar-refractivity contribution in [3.05, 3.63) is 59.7 Å². The van der Waals surface area contributed by atoms with Gasteiger partial charge in [-0.1, -0.05) is 38.1 Å². The summed E-state index contributed by atoms with van der Waals surface area (Å²) in [7, 11) is -3.68. The van der Waals surface area contributed by atoms with Gasteiger partial charge in [-0.25, -0.2) is 8.42 Å². The van der Waals surface area contributed by atoms with E-state index in [2.05, 4.69) is 12.2 Å². The zero-order valence-corrected chi connectivity index (χ0v) is 19.2. The van der Waals surface area contributed by atoms with Crippen LogP contribution in [0.25, 0.3) is 0 Å². The first-order chi connectivity index (χ1) is 14.2. The van der Waals surface area contributed by atoms with E-state index in [1.807, 2.05) is 38.1 Å². The standard InChI is InChI=1S/C23H32N2O4S/c1-6-18-9-11-19(12-10-18)17(4)24-23(26)22(7-2)25(30(5,27)28)20-13-15-21(16-14-20)29-8-3/h9-17,22H,6-8H2,1-5H3,(H,24,26)/t17-,22-/m1/s1. The van der Waals surface area contributed by atoms with Crippen molar-refractivity contribution in [1.29, 1.82) is 0 Å². The van der Waals surface area contributed by atoms with E-state index in [0.29, 0.717) is 24.5 Å². The molecule has 0 radical (unpaired) electrons. The van der Waals surface area contributed by atoms with Crippen LogP contribution in [0.3, 0.4) is 0 Å². The van der Waals surface area contributed by atoms with E-state index in [9.17, 15) is 13.2 Å². The maximum absolute atomic E-state index is 13.1. The Balaban J connectivity index is 2.26. The van der Waals surface area contributed by atoms with Crippen molar-refractivity contribution in [3.8, 4) is 5.75 Å². The lowest BCUT2D eigenvalue weighted by molar-refractivity contribution is -0.122. The summed E-state index contributed by atoms with van der Waals surface area (Å²) < 4.78 is 31.8. The summed E-state index contributed by atoms with van der Waals surface area (Å²) in [6.45, 7) is 8.19. The van der Waals surface area contributed by atoms with E-state index in [1.54, 1.807) is 31.2 Å². The van der Waals surface area contributed by atoms with Crippen molar-refractivity contribution in [1.82, 2.24) is 5.32 Å². The highest BCUT2D eigenvalue weighted by Gasteiger charge is 2.32. The first-order valence-electron chi connectivity index (χ1n) is 10.3. The molecule has 0 heterocycles. The molecule has 2 aromatic rings. The van der Waals surface area contributed by atoms with Gasteiger partial charge in [0.05, 0.1) is 24.6 Å². The predicted octanol–water partition coefficient (Wildman–Crippen LogP) is 4.07. The van der Waals surface area contributed by atoms with Crippen molar-refractivity contribution < 1.29 is 17.9 Å². The van der Waals surface area contributed by atoms with E-state index >= 15 is 0 Å². The van der Waals surface area contributed by atoms with Gasteiger partial charge in [0.2, 0.25) is 15.9 Å². The van der Waals surface area contributed by atoms with Crippen LogP contribution in [-0.2, 0) is 21.2 Å². The molecule has 1 amide bonds. The summed E-state index contributed by atoms with van der Waals surface area (Å²) in [5, 5.41) is 2.97. The van der Waals surface area contributed by atoms with E-state index in [1.165, 1.54) is 9.87 Å². The minimum Gasteiger partial charge on any atom is -0.494 e. The highest BCUT2D eigenvalue weighted by Crippen LogP contribution is 2.26. The molecule has 0 bridgehead atoms. The van der Waals surface area contributed by atoms with Gasteiger partial charge in [-0.3, -0.25) is 9.10 Å². The number of carbonyl (C=O) groups excluding carboxylic acids is 1. The Hall–Kier alpha value is -2.54. The lowest BCUT2D eigenvalue weighted by Crippen LogP contribution is -2.49. The van der Waals surface area contributed by atoms with Gasteiger partial charge in [-0.05, 0) is 62.1 Å². The number of carbonyl (C=O) groups is 1. The average Bonchev–Trinajstić information content (AvgIpc) is 2.72. The molecule has 0 saturated heterocycles. The van der Waals surface area contributed by atoms with Gasteiger partial charge in [-0.2, -0.15) is 0 Å². The molecule has 0 fully saturated rings. The van der Waals surface area contributed by atoms with Crippen LogP contribution in [0.2, 0.25) is 0 Å². The molecule has 164 valence electrons. The molecule has 0 saturated carbocycles. The van der Waals surface area contributed by atoms with E-state index in [4.69, 9.17) is 4.74 Å². The number of nitrogens with zero attached hydrogens (tertiary/aromatic N) is 1. The van der Waals surface area contributed by atoms with Crippen molar-refractivity contribution in [2.45, 2.75) is 52.6 Å². The lowest BCUT2D eigenvalue weighted by Gasteiger charge is -2.31. The van der Waals surface area contributed by atoms with Crippen molar-refractivity contribution in [2.24, 2.45) is 0 Å². The fraction of sp³-hybridized carbons (Fsp3) is 0.435. The minimum atomic E-state index is -3.68. The van der Waals surface area contributed by atoms with Crippen molar-refractivity contribution >= 4 is 21.6 Å². The van der Waals surface area contributed by atoms with Gasteiger partial charge in [0, 0.05) is 0 Å². The fourth-order valence-corrected chi connectivity index (χ4v) is 4.56. The summed E-state index contributed by atoms with van der Waals surface area (Å²) in [6, 6.07) is 13.7. The zero-order valence-electron chi connectivity index (χ0n) is 18.4. The second-order valence-corrected chi connectivity index (χ2v) is 9.09. The molecular weight excluding hydrogens is 400 g/mol. The van der Waals surface area contributed by atoms with Gasteiger partial charge in [-0.15, -0.1) is 0 Å². The summed E-state index contributed by atoms with van der Waals surface area (Å²) >= 11 is 0. The third kappa shape index (κ3) is 5.98. The first-order valence-corrected chi connectivity index (χ1v) is 12.2. The number of anilines is 1. The Morgan fingerprint density at radius 3 is 2.10 bits per heavy atom. The maximum atomic E-state index is 13.1. The number of aryl methyl sites for hydroxylation is 1. The largest absolute Gasteiger partial charge is 0.494 e. The predicted molar refractivity (Wildman–Crippen MR) is 121 cm³/mol. The highest BCUT2D eigenvalue weighted by atomic mass is 32.2. The molecule has 7 heteroatoms. The first kappa shape index (κ1) is 23.7. The van der Waals surface area contributed by atoms with Crippen molar-refractivity contribution in [2.75, 3.05) is 17.2 Å². The number of amides is 1. The molecule has 2 aromatic carbocycles. The minimum absolute atomic E-state index is 0.237. The number of hydrogen-bond donors (Lipinski definition) is 1. The molecular formula is C23H32N2O4S. The van der Waals surface area contributed by atoms with Crippen LogP contribution in [0.1, 0.15) is 51.3 Å². The Bertz CT molecular complexity index is 925. The molecule has 1 N–H and O–H groups in total. The summed E-state index contributed by atoms with van der Waals surface area (Å²) in [4.78, 5) is 13.1. The van der Waals surface area contributed by atoms with Crippen LogP contribution in [0.5, 0.6) is 5.75 Å². The molecule has 0 unspecified atom stereocenters. The van der Waals surface area contributed by atoms with Gasteiger partial charge >= 0.3 is 0 Å². The maximum Gasteiger partial charge on any atom is 0.244 e. The topological polar surface area (TPSA) is 75.7 Å². The third-order valence-electron chi connectivity index (χ3n) is 4.98. The van der Waals surface area contributed by atoms with Gasteiger partial charge in [0.15, 0.2) is 0 Å². The molecule has 2 rings (SSSR count).